The highest BCUT2D eigenvalue weighted by Crippen LogP contribution is 2.32. The van der Waals surface area contributed by atoms with Gasteiger partial charge in [0.15, 0.2) is 0 Å². The number of nitrogens with zero attached hydrogens (tertiary/aromatic N) is 6. The Morgan fingerprint density at radius 2 is 0.881 bits per heavy atom. The molecule has 3 fully saturated rings. The normalized spacial score (nSPS) is 27.7. The summed E-state index contributed by atoms with van der Waals surface area (Å²) in [5, 5.41) is 8.70. The van der Waals surface area contributed by atoms with Crippen molar-refractivity contribution < 1.29 is 14.3 Å². The van der Waals surface area contributed by atoms with Gasteiger partial charge in [0.2, 0.25) is 12.2 Å². The molecule has 0 spiro atoms. The lowest BCUT2D eigenvalue weighted by molar-refractivity contribution is 0.151. The minimum atomic E-state index is -0.529. The van der Waals surface area contributed by atoms with Crippen molar-refractivity contribution in [2.75, 3.05) is 19.7 Å². The minimum Gasteiger partial charge on any atom is -0.427 e. The van der Waals surface area contributed by atoms with Gasteiger partial charge >= 0.3 is 17.1 Å². The van der Waals surface area contributed by atoms with E-state index in [1.807, 2.05) is 0 Å². The highest BCUT2D eigenvalue weighted by Gasteiger charge is 2.28. The second kappa shape index (κ2) is 15.6. The van der Waals surface area contributed by atoms with E-state index in [0.29, 0.717) is 37.5 Å². The maximum Gasteiger partial charge on any atom is 0.336 e. The van der Waals surface area contributed by atoms with Gasteiger partial charge in [-0.2, -0.15) is 5.26 Å². The van der Waals surface area contributed by atoms with Gasteiger partial charge in [0, 0.05) is 19.6 Å². The summed E-state index contributed by atoms with van der Waals surface area (Å²) in [7, 11) is 0. The van der Waals surface area contributed by atoms with Gasteiger partial charge in [-0.3, -0.25) is 0 Å². The van der Waals surface area contributed by atoms with E-state index in [1.54, 1.807) is 18.4 Å². The van der Waals surface area contributed by atoms with E-state index in [2.05, 4.69) is 9.98 Å². The monoisotopic (exact) mass is 582 g/mol. The number of aliphatic imine (C=N–C) groups is 2. The number of isocyanates is 2. The Balaban J connectivity index is 1.53. The molecule has 42 heavy (non-hydrogen) atoms. The average molecular weight is 583 g/mol. The Labute approximate surface area is 245 Å². The van der Waals surface area contributed by atoms with E-state index in [0.717, 1.165) is 77.0 Å². The van der Waals surface area contributed by atoms with Gasteiger partial charge in [-0.1, -0.05) is 0 Å². The largest absolute Gasteiger partial charge is 0.427 e. The molecule has 1 aromatic rings. The summed E-state index contributed by atoms with van der Waals surface area (Å²) < 4.78 is 8.77. The molecule has 0 amide bonds. The van der Waals surface area contributed by atoms with Crippen LogP contribution < -0.4 is 17.1 Å². The molecule has 0 unspecified atom stereocenters. The fourth-order valence-electron chi connectivity index (χ4n) is 7.19. The molecule has 3 aliphatic carbocycles. The second-order valence-electron chi connectivity index (χ2n) is 12.6. The highest BCUT2D eigenvalue weighted by atomic mass is 16.5. The topological polar surface area (TPSA) is 158 Å². The molecule has 228 valence electrons. The maximum atomic E-state index is 13.7. The van der Waals surface area contributed by atoms with E-state index in [9.17, 15) is 24.0 Å². The van der Waals surface area contributed by atoms with Crippen molar-refractivity contribution in [2.45, 2.75) is 96.7 Å². The molecule has 0 bridgehead atoms. The Morgan fingerprint density at radius 1 is 0.571 bits per heavy atom. The van der Waals surface area contributed by atoms with Gasteiger partial charge in [-0.25, -0.2) is 47.7 Å². The molecule has 0 N–H and O–H groups in total. The van der Waals surface area contributed by atoms with E-state index in [1.165, 1.54) is 13.7 Å². The predicted molar refractivity (Wildman–Crippen MR) is 153 cm³/mol. The first-order valence-corrected chi connectivity index (χ1v) is 15.5. The lowest BCUT2D eigenvalue weighted by atomic mass is 9.82. The van der Waals surface area contributed by atoms with E-state index >= 15 is 0 Å². The van der Waals surface area contributed by atoms with Crippen molar-refractivity contribution in [3.8, 4) is 6.26 Å². The van der Waals surface area contributed by atoms with Crippen LogP contribution in [0.4, 0.5) is 0 Å². The Morgan fingerprint density at radius 3 is 1.19 bits per heavy atom. The van der Waals surface area contributed by atoms with Crippen LogP contribution in [0.15, 0.2) is 24.4 Å². The van der Waals surface area contributed by atoms with Crippen molar-refractivity contribution in [3.05, 3.63) is 31.5 Å². The van der Waals surface area contributed by atoms with Crippen molar-refractivity contribution in [2.24, 2.45) is 45.5 Å². The quantitative estimate of drug-likeness (QED) is 0.208. The number of ether oxygens (including phenoxy) is 1. The summed E-state index contributed by atoms with van der Waals surface area (Å²) in [6.45, 7) is 2.14. The van der Waals surface area contributed by atoms with Gasteiger partial charge in [-0.05, 0) is 113 Å². The zero-order chi connectivity index (χ0) is 29.9. The lowest BCUT2D eigenvalue weighted by Crippen LogP contribution is -2.56. The van der Waals surface area contributed by atoms with E-state index in [-0.39, 0.29) is 37.4 Å². The Bertz CT molecular complexity index is 1270. The Hall–Kier alpha value is -3.54. The molecule has 12 heteroatoms. The summed E-state index contributed by atoms with van der Waals surface area (Å²) in [4.78, 5) is 69.6. The minimum absolute atomic E-state index is 0.135. The van der Waals surface area contributed by atoms with Crippen molar-refractivity contribution in [1.29, 1.82) is 5.26 Å². The molecule has 4 rings (SSSR count). The van der Waals surface area contributed by atoms with Gasteiger partial charge in [0.1, 0.15) is 6.61 Å². The molecule has 1 heterocycles. The fraction of sp³-hybridized carbons (Fsp3) is 0.800. The van der Waals surface area contributed by atoms with Crippen LogP contribution in [0.25, 0.3) is 0 Å². The molecule has 1 aromatic heterocycles. The molecule has 0 aromatic carbocycles. The lowest BCUT2D eigenvalue weighted by Gasteiger charge is -2.30. The molecule has 0 aliphatic heterocycles. The van der Waals surface area contributed by atoms with Gasteiger partial charge in [0.05, 0.1) is 13.1 Å². The molecule has 0 saturated heterocycles. The number of carbonyl (C=O) groups excluding carboxylic acids is 2. The Kier molecular flexibility index (Phi) is 11.7. The first kappa shape index (κ1) is 31.4. The molecule has 0 radical (unpaired) electrons. The van der Waals surface area contributed by atoms with E-state index < -0.39 is 17.1 Å². The number of aromatic nitrogens is 3. The van der Waals surface area contributed by atoms with Gasteiger partial charge in [0.25, 0.3) is 6.26 Å². The zero-order valence-corrected chi connectivity index (χ0v) is 24.3. The average Bonchev–Trinajstić information content (AvgIpc) is 3.02. The number of hydrogen-bond acceptors (Lipinski definition) is 9. The van der Waals surface area contributed by atoms with Crippen LogP contribution in [-0.2, 0) is 34.0 Å². The first-order valence-electron chi connectivity index (χ1n) is 15.5. The molecular formula is C30H42N6O6. The first-order chi connectivity index (χ1) is 20.4. The summed E-state index contributed by atoms with van der Waals surface area (Å²) in [6, 6.07) is 0. The van der Waals surface area contributed by atoms with Gasteiger partial charge < -0.3 is 4.74 Å². The third-order valence-corrected chi connectivity index (χ3v) is 9.82. The maximum absolute atomic E-state index is 13.7. The predicted octanol–water partition coefficient (Wildman–Crippen LogP) is 2.76. The van der Waals surface area contributed by atoms with Crippen LogP contribution in [0.1, 0.15) is 77.0 Å². The zero-order valence-electron chi connectivity index (χ0n) is 24.3. The third kappa shape index (κ3) is 8.27. The van der Waals surface area contributed by atoms with Gasteiger partial charge in [-0.15, -0.1) is 0 Å². The van der Waals surface area contributed by atoms with E-state index in [4.69, 9.17) is 10.00 Å². The van der Waals surface area contributed by atoms with Crippen molar-refractivity contribution in [1.82, 2.24) is 13.7 Å². The van der Waals surface area contributed by atoms with Crippen molar-refractivity contribution >= 4 is 12.2 Å². The number of nitriles is 1. The smallest absolute Gasteiger partial charge is 0.336 e. The van der Waals surface area contributed by atoms with Crippen LogP contribution in [0.5, 0.6) is 0 Å². The second-order valence-corrected chi connectivity index (χ2v) is 12.6. The van der Waals surface area contributed by atoms with Crippen LogP contribution in [0.2, 0.25) is 0 Å². The SMILES string of the molecule is N#COCC1CCC(Cn2c(=O)n(CC3CCC(CN=C=O)CC3)c(=O)n(CC3CCC(CN=C=O)CC3)c2=O)CC1. The van der Waals surface area contributed by atoms with Crippen LogP contribution in [-0.4, -0.2) is 45.6 Å². The van der Waals surface area contributed by atoms with Crippen LogP contribution in [0, 0.1) is 47.0 Å². The molecule has 3 aliphatic rings. The molecule has 3 saturated carbocycles. The third-order valence-electron chi connectivity index (χ3n) is 9.82. The number of rotatable bonds is 12. The summed E-state index contributed by atoms with van der Waals surface area (Å²) >= 11 is 0. The summed E-state index contributed by atoms with van der Waals surface area (Å²) in [5.41, 5.74) is -1.59. The molecular weight excluding hydrogens is 540 g/mol. The molecule has 12 nitrogen and oxygen atoms in total. The van der Waals surface area contributed by atoms with Crippen LogP contribution >= 0.6 is 0 Å². The standard InChI is InChI=1S/C30H42N6O6/c31-19-42-18-27-11-9-26(10-12-27)17-36-29(40)34(15-24-5-1-22(2-6-24)13-32-20-37)28(39)35(30(36)41)16-25-7-3-23(4-8-25)14-33-21-38/h22-27H,1-18H2. The summed E-state index contributed by atoms with van der Waals surface area (Å²) in [6.07, 6.45) is 15.1. The van der Waals surface area contributed by atoms with Crippen molar-refractivity contribution in [3.63, 3.8) is 0 Å². The number of hydrogen-bond donors (Lipinski definition) is 0. The fourth-order valence-corrected chi connectivity index (χ4v) is 7.19. The van der Waals surface area contributed by atoms with Crippen LogP contribution in [0.3, 0.4) is 0 Å². The highest BCUT2D eigenvalue weighted by molar-refractivity contribution is 5.33. The molecule has 0 atom stereocenters. The summed E-state index contributed by atoms with van der Waals surface area (Å²) in [5.74, 6) is 1.32.